The monoisotopic (exact) mass is 464 g/mol. The van der Waals surface area contributed by atoms with Crippen molar-refractivity contribution in [1.82, 2.24) is 5.32 Å². The van der Waals surface area contributed by atoms with Crippen LogP contribution in [0.5, 0.6) is 5.75 Å². The number of hydrogen-bond acceptors (Lipinski definition) is 5. The summed E-state index contributed by atoms with van der Waals surface area (Å²) in [6.45, 7) is 9.79. The Morgan fingerprint density at radius 2 is 1.94 bits per heavy atom. The minimum atomic E-state index is -0.507. The molecule has 3 rings (SSSR count). The highest BCUT2D eigenvalue weighted by Gasteiger charge is 2.59. The molecule has 2 aliphatic heterocycles. The van der Waals surface area contributed by atoms with Crippen LogP contribution in [0.2, 0.25) is 5.02 Å². The minimum Gasteiger partial charge on any atom is -0.495 e. The third-order valence-corrected chi connectivity index (χ3v) is 7.19. The van der Waals surface area contributed by atoms with Crippen molar-refractivity contribution in [2.24, 2.45) is 11.8 Å². The van der Waals surface area contributed by atoms with Crippen molar-refractivity contribution >= 4 is 29.3 Å². The van der Waals surface area contributed by atoms with Crippen molar-refractivity contribution in [3.63, 3.8) is 0 Å². The van der Waals surface area contributed by atoms with Gasteiger partial charge in [-0.25, -0.2) is 4.79 Å². The Morgan fingerprint density at radius 3 is 2.59 bits per heavy atom. The molecule has 0 radical (unpaired) electrons. The first-order chi connectivity index (χ1) is 15.0. The summed E-state index contributed by atoms with van der Waals surface area (Å²) in [6, 6.07) is 3.72. The quantitative estimate of drug-likeness (QED) is 0.609. The minimum absolute atomic E-state index is 0.0180. The van der Waals surface area contributed by atoms with Crippen LogP contribution in [-0.2, 0) is 20.7 Å². The topological polar surface area (TPSA) is 80.4 Å². The van der Waals surface area contributed by atoms with Crippen LogP contribution in [0.1, 0.15) is 46.6 Å². The lowest BCUT2D eigenvalue weighted by atomic mass is 9.83. The Labute approximate surface area is 195 Å². The number of ether oxygens (including phenoxy) is 3. The number of halogens is 1. The number of cyclic esters (lactones) is 1. The summed E-state index contributed by atoms with van der Waals surface area (Å²) >= 11 is 6.56. The normalized spacial score (nSPS) is 33.2. The number of nitrogens with zero attached hydrogens (tertiary/aromatic N) is 1. The van der Waals surface area contributed by atoms with E-state index in [4.69, 9.17) is 25.8 Å². The van der Waals surface area contributed by atoms with Gasteiger partial charge in [-0.15, -0.1) is 0 Å². The van der Waals surface area contributed by atoms with Gasteiger partial charge in [0.25, 0.3) is 0 Å². The largest absolute Gasteiger partial charge is 0.495 e. The molecule has 0 unspecified atom stereocenters. The molecule has 1 saturated heterocycles. The molecule has 1 fully saturated rings. The number of methoxy groups -OCH3 is 1. The Kier molecular flexibility index (Phi) is 7.10. The van der Waals surface area contributed by atoms with E-state index in [-0.39, 0.29) is 30.0 Å². The third kappa shape index (κ3) is 4.89. The van der Waals surface area contributed by atoms with Crippen LogP contribution in [0.15, 0.2) is 23.9 Å². The van der Waals surface area contributed by atoms with Crippen molar-refractivity contribution in [3.8, 4) is 5.75 Å². The second kappa shape index (κ2) is 9.32. The predicted molar refractivity (Wildman–Crippen MR) is 124 cm³/mol. The summed E-state index contributed by atoms with van der Waals surface area (Å²) < 4.78 is 17.1. The van der Waals surface area contributed by atoms with E-state index in [9.17, 15) is 9.59 Å². The molecular formula is C24H33ClN2O5. The van der Waals surface area contributed by atoms with Gasteiger partial charge in [-0.05, 0) is 50.8 Å². The molecule has 1 aromatic carbocycles. The van der Waals surface area contributed by atoms with Gasteiger partial charge >= 0.3 is 6.09 Å². The molecule has 176 valence electrons. The highest BCUT2D eigenvalue weighted by Crippen LogP contribution is 2.49. The van der Waals surface area contributed by atoms with Gasteiger partial charge in [0.15, 0.2) is 0 Å². The lowest BCUT2D eigenvalue weighted by Gasteiger charge is -2.25. The van der Waals surface area contributed by atoms with Crippen LogP contribution in [0.3, 0.4) is 0 Å². The van der Waals surface area contributed by atoms with E-state index in [0.29, 0.717) is 29.3 Å². The molecule has 0 aliphatic carbocycles. The van der Waals surface area contributed by atoms with Crippen LogP contribution in [0.25, 0.3) is 0 Å². The highest BCUT2D eigenvalue weighted by atomic mass is 35.5. The predicted octanol–water partition coefficient (Wildman–Crippen LogP) is 4.71. The highest BCUT2D eigenvalue weighted by molar-refractivity contribution is 6.35. The molecule has 1 N–H and O–H groups in total. The number of benzene rings is 1. The number of nitrogens with one attached hydrogen (secondary N) is 1. The molecule has 7 nitrogen and oxygen atoms in total. The number of hydrogen-bond donors (Lipinski definition) is 1. The fourth-order valence-electron chi connectivity index (χ4n) is 4.25. The Hall–Kier alpha value is -2.25. The molecule has 5 atom stereocenters. The van der Waals surface area contributed by atoms with E-state index in [1.807, 2.05) is 46.8 Å². The summed E-state index contributed by atoms with van der Waals surface area (Å²) in [5.41, 5.74) is 1.94. The average Bonchev–Trinajstić information content (AvgIpc) is 3.44. The summed E-state index contributed by atoms with van der Waals surface area (Å²) in [4.78, 5) is 27.0. The number of fused-ring (bicyclic) bond motifs is 3. The zero-order chi connectivity index (χ0) is 23.8. The molecule has 1 aromatic rings. The first kappa shape index (κ1) is 24.4. The van der Waals surface area contributed by atoms with E-state index < -0.39 is 11.7 Å². The summed E-state index contributed by atoms with van der Waals surface area (Å²) in [6.07, 6.45) is 1.53. The SMILES string of the molecule is COc1cc2cc(c1Cl)N(C)C(=O)C[C@H](C)[C@]1(C)O[C@H]1[C@H](C)[C@H](C)OC(=O)N/C=C(\C)C2. The standard InChI is InChI=1S/C24H33ClN2O5/c1-13-8-17-10-18(21(25)19(11-17)30-7)27(6)20(28)9-14(2)24(5)22(32-24)15(3)16(4)31-23(29)26-12-13/h10-12,14-16,22H,8-9H2,1-7H3,(H,26,29)/b13-12+/t14-,15+,16-,22-,24-/m0/s1. The molecule has 32 heavy (non-hydrogen) atoms. The van der Waals surface area contributed by atoms with Crippen molar-refractivity contribution in [2.45, 2.75) is 65.3 Å². The van der Waals surface area contributed by atoms with Gasteiger partial charge in [0.05, 0.1) is 24.5 Å². The zero-order valence-electron chi connectivity index (χ0n) is 19.8. The van der Waals surface area contributed by atoms with E-state index in [2.05, 4.69) is 5.32 Å². The van der Waals surface area contributed by atoms with Crippen LogP contribution in [0, 0.1) is 11.8 Å². The fraction of sp³-hybridized carbons (Fsp3) is 0.583. The van der Waals surface area contributed by atoms with E-state index in [1.54, 1.807) is 25.3 Å². The zero-order valence-corrected chi connectivity index (χ0v) is 20.6. The van der Waals surface area contributed by atoms with Crippen molar-refractivity contribution in [2.75, 3.05) is 19.1 Å². The Balaban J connectivity index is 1.98. The Bertz CT molecular complexity index is 933. The van der Waals surface area contributed by atoms with Crippen LogP contribution in [0.4, 0.5) is 10.5 Å². The van der Waals surface area contributed by atoms with Crippen LogP contribution >= 0.6 is 11.6 Å². The molecule has 2 aliphatic rings. The summed E-state index contributed by atoms with van der Waals surface area (Å²) in [5, 5.41) is 3.09. The number of epoxide rings is 1. The number of allylic oxidation sites excluding steroid dienone is 1. The van der Waals surface area contributed by atoms with Gasteiger partial charge in [-0.2, -0.15) is 0 Å². The second-order valence-corrected chi connectivity index (χ2v) is 9.57. The second-order valence-electron chi connectivity index (χ2n) is 9.19. The Morgan fingerprint density at radius 1 is 1.25 bits per heavy atom. The van der Waals surface area contributed by atoms with E-state index in [0.717, 1.165) is 11.1 Å². The number of anilines is 1. The smallest absolute Gasteiger partial charge is 0.411 e. The lowest BCUT2D eigenvalue weighted by molar-refractivity contribution is -0.119. The van der Waals surface area contributed by atoms with Gasteiger partial charge in [-0.1, -0.05) is 31.0 Å². The number of carbonyl (C=O) groups is 2. The first-order valence-corrected chi connectivity index (χ1v) is 11.3. The molecule has 0 saturated carbocycles. The summed E-state index contributed by atoms with van der Waals surface area (Å²) in [5.74, 6) is 0.384. The number of carbonyl (C=O) groups excluding carboxylic acids is 2. The molecule has 0 aromatic heterocycles. The number of rotatable bonds is 1. The van der Waals surface area contributed by atoms with E-state index in [1.165, 1.54) is 0 Å². The molecule has 0 spiro atoms. The van der Waals surface area contributed by atoms with Crippen molar-refractivity contribution in [1.29, 1.82) is 0 Å². The summed E-state index contributed by atoms with van der Waals surface area (Å²) in [7, 11) is 3.27. The van der Waals surface area contributed by atoms with Gasteiger partial charge in [0.1, 0.15) is 16.9 Å². The third-order valence-electron chi connectivity index (χ3n) is 6.81. The fourth-order valence-corrected chi connectivity index (χ4v) is 4.56. The maximum atomic E-state index is 13.2. The number of amides is 2. The van der Waals surface area contributed by atoms with Crippen LogP contribution < -0.4 is 15.0 Å². The van der Waals surface area contributed by atoms with Crippen molar-refractivity contribution in [3.05, 3.63) is 34.5 Å². The molecular weight excluding hydrogens is 432 g/mol. The molecule has 2 amide bonds. The molecule has 8 heteroatoms. The van der Waals surface area contributed by atoms with Crippen LogP contribution in [-0.4, -0.2) is 44.0 Å². The van der Waals surface area contributed by atoms with Gasteiger partial charge < -0.3 is 19.1 Å². The number of alkyl carbamates (subject to hydrolysis) is 1. The lowest BCUT2D eigenvalue weighted by Crippen LogP contribution is -2.35. The van der Waals surface area contributed by atoms with Crippen molar-refractivity contribution < 1.29 is 23.8 Å². The first-order valence-electron chi connectivity index (χ1n) is 10.9. The average molecular weight is 465 g/mol. The molecule has 2 heterocycles. The van der Waals surface area contributed by atoms with Gasteiger partial charge in [-0.3, -0.25) is 10.1 Å². The van der Waals surface area contributed by atoms with E-state index >= 15 is 0 Å². The van der Waals surface area contributed by atoms with Gasteiger partial charge in [0, 0.05) is 25.6 Å². The molecule has 2 bridgehead atoms. The maximum Gasteiger partial charge on any atom is 0.411 e. The maximum absolute atomic E-state index is 13.2. The van der Waals surface area contributed by atoms with Gasteiger partial charge in [0.2, 0.25) is 5.91 Å².